The molecule has 0 saturated carbocycles. The molecule has 0 radical (unpaired) electrons. The molecule has 23 heavy (non-hydrogen) atoms. The number of para-hydroxylation sites is 2. The van der Waals surface area contributed by atoms with Crippen molar-refractivity contribution in [3.63, 3.8) is 0 Å². The molecule has 3 rings (SSSR count). The van der Waals surface area contributed by atoms with Crippen LogP contribution in [-0.2, 0) is 4.74 Å². The number of carbonyl (C=O) groups is 1. The zero-order valence-corrected chi connectivity index (χ0v) is 13.7. The van der Waals surface area contributed by atoms with Gasteiger partial charge in [0.15, 0.2) is 0 Å². The van der Waals surface area contributed by atoms with Gasteiger partial charge in [0.25, 0.3) is 0 Å². The Labute approximate surface area is 137 Å². The van der Waals surface area contributed by atoms with Crippen molar-refractivity contribution in [2.45, 2.75) is 38.5 Å². The van der Waals surface area contributed by atoms with E-state index < -0.39 is 0 Å². The summed E-state index contributed by atoms with van der Waals surface area (Å²) in [5, 5.41) is 5.95. The molecule has 6 nitrogen and oxygen atoms in total. The lowest BCUT2D eigenvalue weighted by atomic mass is 10.1. The highest BCUT2D eigenvalue weighted by atomic mass is 16.5. The highest BCUT2D eigenvalue weighted by molar-refractivity contribution is 5.91. The van der Waals surface area contributed by atoms with Gasteiger partial charge in [0.1, 0.15) is 5.75 Å². The van der Waals surface area contributed by atoms with Crippen molar-refractivity contribution in [3.05, 3.63) is 24.3 Å². The molecular weight excluding hydrogens is 294 g/mol. The SMILES string of the molecule is CCOc1ccccc1NC(=O)N[C@@H]1C[C@H]2CO[C@H](C)CN2C1. The van der Waals surface area contributed by atoms with Gasteiger partial charge in [0.2, 0.25) is 0 Å². The number of nitrogens with zero attached hydrogens (tertiary/aromatic N) is 1. The molecule has 2 aliphatic rings. The summed E-state index contributed by atoms with van der Waals surface area (Å²) in [6, 6.07) is 7.87. The molecule has 2 aliphatic heterocycles. The maximum absolute atomic E-state index is 12.3. The van der Waals surface area contributed by atoms with E-state index in [-0.39, 0.29) is 18.2 Å². The third-order valence-electron chi connectivity index (χ3n) is 4.36. The Morgan fingerprint density at radius 3 is 3.04 bits per heavy atom. The first-order valence-electron chi connectivity index (χ1n) is 8.30. The molecule has 0 aliphatic carbocycles. The predicted octanol–water partition coefficient (Wildman–Crippen LogP) is 2.07. The van der Waals surface area contributed by atoms with Crippen LogP contribution < -0.4 is 15.4 Å². The number of morpholine rings is 1. The molecule has 2 fully saturated rings. The summed E-state index contributed by atoms with van der Waals surface area (Å²) >= 11 is 0. The first-order valence-corrected chi connectivity index (χ1v) is 8.30. The van der Waals surface area contributed by atoms with Crippen molar-refractivity contribution in [3.8, 4) is 5.75 Å². The molecule has 0 aromatic heterocycles. The van der Waals surface area contributed by atoms with Crippen molar-refractivity contribution < 1.29 is 14.3 Å². The lowest BCUT2D eigenvalue weighted by Gasteiger charge is -2.33. The second kappa shape index (κ2) is 7.19. The van der Waals surface area contributed by atoms with E-state index in [2.05, 4.69) is 22.5 Å². The zero-order valence-electron chi connectivity index (χ0n) is 13.7. The van der Waals surface area contributed by atoms with Gasteiger partial charge in [-0.2, -0.15) is 0 Å². The predicted molar refractivity (Wildman–Crippen MR) is 88.9 cm³/mol. The van der Waals surface area contributed by atoms with Crippen LogP contribution in [0.1, 0.15) is 20.3 Å². The van der Waals surface area contributed by atoms with Gasteiger partial charge in [0.05, 0.1) is 25.0 Å². The average molecular weight is 319 g/mol. The highest BCUT2D eigenvalue weighted by Crippen LogP contribution is 2.25. The van der Waals surface area contributed by atoms with Crippen molar-refractivity contribution in [1.29, 1.82) is 0 Å². The largest absolute Gasteiger partial charge is 0.492 e. The quantitative estimate of drug-likeness (QED) is 0.892. The Kier molecular flexibility index (Phi) is 5.03. The third-order valence-corrected chi connectivity index (χ3v) is 4.36. The fourth-order valence-electron chi connectivity index (χ4n) is 3.34. The first kappa shape index (κ1) is 16.1. The Balaban J connectivity index is 1.54. The second-order valence-corrected chi connectivity index (χ2v) is 6.21. The molecular formula is C17H25N3O3. The molecule has 2 saturated heterocycles. The van der Waals surface area contributed by atoms with Crippen molar-refractivity contribution in [2.24, 2.45) is 0 Å². The maximum atomic E-state index is 12.3. The number of rotatable bonds is 4. The number of hydrogen-bond donors (Lipinski definition) is 2. The minimum Gasteiger partial charge on any atom is -0.492 e. The van der Waals surface area contributed by atoms with Crippen LogP contribution >= 0.6 is 0 Å². The second-order valence-electron chi connectivity index (χ2n) is 6.21. The number of amides is 2. The lowest BCUT2D eigenvalue weighted by Crippen LogP contribution is -2.45. The summed E-state index contributed by atoms with van der Waals surface area (Å²) in [6.45, 7) is 7.17. The van der Waals surface area contributed by atoms with Gasteiger partial charge in [-0.15, -0.1) is 0 Å². The molecule has 0 spiro atoms. The minimum absolute atomic E-state index is 0.160. The summed E-state index contributed by atoms with van der Waals surface area (Å²) < 4.78 is 11.2. The molecule has 2 amide bonds. The zero-order chi connectivity index (χ0) is 16.2. The molecule has 0 unspecified atom stereocenters. The van der Waals surface area contributed by atoms with Crippen LogP contribution in [0.4, 0.5) is 10.5 Å². The van der Waals surface area contributed by atoms with E-state index in [1.807, 2.05) is 31.2 Å². The van der Waals surface area contributed by atoms with Gasteiger partial charge in [-0.1, -0.05) is 12.1 Å². The van der Waals surface area contributed by atoms with Crippen molar-refractivity contribution in [2.75, 3.05) is 31.6 Å². The van der Waals surface area contributed by atoms with E-state index in [1.54, 1.807) is 0 Å². The van der Waals surface area contributed by atoms with E-state index in [1.165, 1.54) is 0 Å². The Morgan fingerprint density at radius 1 is 1.39 bits per heavy atom. The molecule has 3 atom stereocenters. The number of benzene rings is 1. The monoisotopic (exact) mass is 319 g/mol. The van der Waals surface area contributed by atoms with Crippen LogP contribution in [0.3, 0.4) is 0 Å². The van der Waals surface area contributed by atoms with Gasteiger partial charge in [0, 0.05) is 25.2 Å². The number of carbonyl (C=O) groups excluding carboxylic acids is 1. The highest BCUT2D eigenvalue weighted by Gasteiger charge is 2.36. The van der Waals surface area contributed by atoms with E-state index in [9.17, 15) is 4.79 Å². The van der Waals surface area contributed by atoms with Gasteiger partial charge >= 0.3 is 6.03 Å². The van der Waals surface area contributed by atoms with Crippen LogP contribution in [0, 0.1) is 0 Å². The van der Waals surface area contributed by atoms with Crippen LogP contribution in [0.25, 0.3) is 0 Å². The van der Waals surface area contributed by atoms with Crippen molar-refractivity contribution >= 4 is 11.7 Å². The van der Waals surface area contributed by atoms with Gasteiger partial charge < -0.3 is 20.1 Å². The summed E-state index contributed by atoms with van der Waals surface area (Å²) in [5.41, 5.74) is 0.694. The van der Waals surface area contributed by atoms with Gasteiger partial charge in [-0.25, -0.2) is 4.79 Å². The Hall–Kier alpha value is -1.79. The number of anilines is 1. The standard InChI is InChI=1S/C17H25N3O3/c1-3-22-16-7-5-4-6-15(16)19-17(21)18-13-8-14-11-23-12(2)9-20(14)10-13/h4-7,12-14H,3,8-11H2,1-2H3,(H2,18,19,21)/t12-,13-,14+/m1/s1. The Bertz CT molecular complexity index is 552. The maximum Gasteiger partial charge on any atom is 0.319 e. The fraction of sp³-hybridized carbons (Fsp3) is 0.588. The van der Waals surface area contributed by atoms with Crippen LogP contribution in [0.15, 0.2) is 24.3 Å². The smallest absolute Gasteiger partial charge is 0.319 e. The molecule has 2 N–H and O–H groups in total. The number of hydrogen-bond acceptors (Lipinski definition) is 4. The molecule has 1 aromatic carbocycles. The summed E-state index contributed by atoms with van der Waals surface area (Å²) in [4.78, 5) is 14.7. The average Bonchev–Trinajstić information content (AvgIpc) is 2.90. The number of nitrogens with one attached hydrogen (secondary N) is 2. The van der Waals surface area contributed by atoms with Gasteiger partial charge in [-0.05, 0) is 32.4 Å². The Morgan fingerprint density at radius 2 is 2.22 bits per heavy atom. The molecule has 126 valence electrons. The van der Waals surface area contributed by atoms with E-state index in [0.717, 1.165) is 26.1 Å². The van der Waals surface area contributed by atoms with Crippen molar-refractivity contribution in [1.82, 2.24) is 10.2 Å². The third kappa shape index (κ3) is 3.95. The number of ether oxygens (including phenoxy) is 2. The molecule has 6 heteroatoms. The summed E-state index contributed by atoms with van der Waals surface area (Å²) in [7, 11) is 0. The molecule has 1 aromatic rings. The number of fused-ring (bicyclic) bond motifs is 1. The first-order chi connectivity index (χ1) is 11.2. The van der Waals surface area contributed by atoms with E-state index in [0.29, 0.717) is 24.1 Å². The van der Waals surface area contributed by atoms with Crippen LogP contribution in [-0.4, -0.2) is 55.4 Å². The topological polar surface area (TPSA) is 62.8 Å². The van der Waals surface area contributed by atoms with Crippen LogP contribution in [0.2, 0.25) is 0 Å². The van der Waals surface area contributed by atoms with E-state index in [4.69, 9.17) is 9.47 Å². The molecule has 2 heterocycles. The van der Waals surface area contributed by atoms with E-state index >= 15 is 0 Å². The fourth-order valence-corrected chi connectivity index (χ4v) is 3.34. The number of urea groups is 1. The lowest BCUT2D eigenvalue weighted by molar-refractivity contribution is -0.0390. The van der Waals surface area contributed by atoms with Crippen LogP contribution in [0.5, 0.6) is 5.75 Å². The van der Waals surface area contributed by atoms with Gasteiger partial charge in [-0.3, -0.25) is 4.90 Å². The summed E-state index contributed by atoms with van der Waals surface area (Å²) in [6.07, 6.45) is 1.21. The minimum atomic E-state index is -0.184. The normalized spacial score (nSPS) is 27.3. The summed E-state index contributed by atoms with van der Waals surface area (Å²) in [5.74, 6) is 0.691. The molecule has 0 bridgehead atoms.